The van der Waals surface area contributed by atoms with Gasteiger partial charge < -0.3 is 24.8 Å². The van der Waals surface area contributed by atoms with Crippen molar-refractivity contribution in [3.8, 4) is 0 Å². The average molecular weight is 537 g/mol. The topological polar surface area (TPSA) is 33.6 Å². The van der Waals surface area contributed by atoms with Gasteiger partial charge in [-0.15, -0.1) is 0 Å². The van der Waals surface area contributed by atoms with Crippen molar-refractivity contribution in [2.45, 2.75) is 0 Å². The second kappa shape index (κ2) is 10.2. The normalized spacial score (nSPS) is 18.5. The number of quaternary nitrogens is 2. The molecule has 0 saturated heterocycles. The molecule has 6 heteroatoms. The molecule has 4 nitrogen and oxygen atoms in total. The Bertz CT molecular complexity index is 1750. The Balaban J connectivity index is 0.000000147. The molecule has 0 radical (unpaired) electrons. The first-order chi connectivity index (χ1) is 17.7. The molecule has 0 fully saturated rings. The van der Waals surface area contributed by atoms with Crippen LogP contribution in [0, 0.1) is 0 Å². The van der Waals surface area contributed by atoms with E-state index in [1.54, 1.807) is 0 Å². The highest BCUT2D eigenvalue weighted by atomic mass is 35.5. The minimum atomic E-state index is 0. The van der Waals surface area contributed by atoms with Crippen LogP contribution in [0.5, 0.6) is 0 Å². The molecule has 0 aliphatic carbocycles. The van der Waals surface area contributed by atoms with Gasteiger partial charge in [-0.3, -0.25) is 9.80 Å². The van der Waals surface area contributed by atoms with E-state index in [1.165, 1.54) is 54.1 Å². The zero-order valence-electron chi connectivity index (χ0n) is 21.0. The zero-order valence-corrected chi connectivity index (χ0v) is 22.6. The van der Waals surface area contributed by atoms with Crippen LogP contribution in [0.1, 0.15) is 11.1 Å². The van der Waals surface area contributed by atoms with Crippen LogP contribution in [0.15, 0.2) is 118 Å². The molecular weight excluding hydrogens is 511 g/mol. The first-order valence-electron chi connectivity index (χ1n) is 12.4. The van der Waals surface area contributed by atoms with Crippen LogP contribution in [0.2, 0.25) is 0 Å². The van der Waals surface area contributed by atoms with Crippen molar-refractivity contribution in [2.75, 3.05) is 14.1 Å². The summed E-state index contributed by atoms with van der Waals surface area (Å²) < 4.78 is 0. The smallest absolute Gasteiger partial charge is 0.171 e. The molecule has 2 N–H and O–H groups in total. The third-order valence-corrected chi connectivity index (χ3v) is 7.40. The molecule has 0 bridgehead atoms. The van der Waals surface area contributed by atoms with Crippen molar-refractivity contribution in [3.05, 3.63) is 141 Å². The maximum Gasteiger partial charge on any atom is 0.171 e. The first kappa shape index (κ1) is 25.8. The molecule has 0 spiro atoms. The van der Waals surface area contributed by atoms with E-state index in [1.807, 2.05) is 12.1 Å². The van der Waals surface area contributed by atoms with Crippen molar-refractivity contribution in [1.82, 2.24) is 0 Å². The molecule has 4 aromatic carbocycles. The number of halogens is 2. The van der Waals surface area contributed by atoms with Crippen molar-refractivity contribution < 1.29 is 34.6 Å². The third-order valence-electron chi connectivity index (χ3n) is 7.40. The third kappa shape index (κ3) is 4.03. The van der Waals surface area contributed by atoms with Crippen molar-refractivity contribution >= 4 is 34.9 Å². The van der Waals surface area contributed by atoms with E-state index in [0.717, 1.165) is 22.1 Å². The average Bonchev–Trinajstić information content (AvgIpc) is 3.47. The number of hydrogen-bond acceptors (Lipinski definition) is 2. The lowest BCUT2D eigenvalue weighted by Gasteiger charge is -2.21. The molecule has 8 rings (SSSR count). The summed E-state index contributed by atoms with van der Waals surface area (Å²) in [6.07, 6.45) is 4.38. The summed E-state index contributed by atoms with van der Waals surface area (Å²) in [7, 11) is 4.39. The molecule has 4 aliphatic rings. The van der Waals surface area contributed by atoms with Crippen LogP contribution in [-0.4, -0.2) is 14.1 Å². The predicted octanol–water partition coefficient (Wildman–Crippen LogP) is -4.73. The Morgan fingerprint density at radius 3 is 1.29 bits per heavy atom. The fourth-order valence-electron chi connectivity index (χ4n) is 5.70. The van der Waals surface area contributed by atoms with Gasteiger partial charge in [0, 0.05) is 23.3 Å². The van der Waals surface area contributed by atoms with Gasteiger partial charge in [0.15, 0.2) is 11.4 Å². The summed E-state index contributed by atoms with van der Waals surface area (Å²) in [4.78, 5) is 12.1. The van der Waals surface area contributed by atoms with Gasteiger partial charge in [-0.1, -0.05) is 48.5 Å². The Morgan fingerprint density at radius 2 is 0.842 bits per heavy atom. The van der Waals surface area contributed by atoms with E-state index in [4.69, 9.17) is 9.98 Å². The molecule has 2 unspecified atom stereocenters. The van der Waals surface area contributed by atoms with E-state index in [2.05, 4.69) is 111 Å². The lowest BCUT2D eigenvalue weighted by atomic mass is 10.0. The van der Waals surface area contributed by atoms with E-state index in [-0.39, 0.29) is 24.8 Å². The molecule has 4 heterocycles. The molecule has 4 aromatic rings. The van der Waals surface area contributed by atoms with Crippen molar-refractivity contribution in [2.24, 2.45) is 9.98 Å². The molecule has 0 amide bonds. The highest BCUT2D eigenvalue weighted by Crippen LogP contribution is 2.25. The van der Waals surface area contributed by atoms with Gasteiger partial charge in [-0.2, -0.15) is 0 Å². The number of nitrogens with zero attached hydrogens (tertiary/aromatic N) is 2. The van der Waals surface area contributed by atoms with Crippen molar-refractivity contribution in [1.29, 1.82) is 0 Å². The quantitative estimate of drug-likeness (QED) is 0.226. The van der Waals surface area contributed by atoms with E-state index < -0.39 is 0 Å². The first-order valence-corrected chi connectivity index (χ1v) is 12.4. The summed E-state index contributed by atoms with van der Waals surface area (Å²) in [5.41, 5.74) is 9.98. The number of nitrogens with one attached hydrogen (secondary N) is 2. The summed E-state index contributed by atoms with van der Waals surface area (Å²) in [5.74, 6) is 0. The SMILES string of the molecule is C[NH+]1C2=c3ccccc3=NC2=Cc2ccccc21.C[NH+]1C2=c3ccccc3=NC2=Cc2ccccc21.[Cl-].[Cl-]. The van der Waals surface area contributed by atoms with Crippen LogP contribution >= 0.6 is 0 Å². The van der Waals surface area contributed by atoms with Gasteiger partial charge in [0.25, 0.3) is 0 Å². The van der Waals surface area contributed by atoms with Gasteiger partial charge in [-0.05, 0) is 48.6 Å². The molecule has 0 aromatic heterocycles. The lowest BCUT2D eigenvalue weighted by Crippen LogP contribution is -3.02. The maximum absolute atomic E-state index is 4.73. The minimum Gasteiger partial charge on any atom is -1.00 e. The fourth-order valence-corrected chi connectivity index (χ4v) is 5.70. The van der Waals surface area contributed by atoms with Gasteiger partial charge in [0.2, 0.25) is 0 Å². The predicted molar refractivity (Wildman–Crippen MR) is 143 cm³/mol. The lowest BCUT2D eigenvalue weighted by molar-refractivity contribution is -0.728. The molecule has 188 valence electrons. The highest BCUT2D eigenvalue weighted by Gasteiger charge is 2.30. The largest absolute Gasteiger partial charge is 1.00 e. The van der Waals surface area contributed by atoms with Gasteiger partial charge in [0.1, 0.15) is 22.8 Å². The number of fused-ring (bicyclic) bond motifs is 6. The maximum atomic E-state index is 4.73. The molecule has 2 atom stereocenters. The molecular formula is C32H26Cl2N4. The number of para-hydroxylation sites is 4. The van der Waals surface area contributed by atoms with E-state index in [0.29, 0.717) is 0 Å². The number of benzene rings is 4. The van der Waals surface area contributed by atoms with Crippen LogP contribution < -0.4 is 55.8 Å². The summed E-state index contributed by atoms with van der Waals surface area (Å²) in [5, 5.41) is 4.70. The van der Waals surface area contributed by atoms with E-state index >= 15 is 0 Å². The van der Waals surface area contributed by atoms with E-state index in [9.17, 15) is 0 Å². The van der Waals surface area contributed by atoms with Crippen LogP contribution in [0.3, 0.4) is 0 Å². The Morgan fingerprint density at radius 1 is 0.474 bits per heavy atom. The standard InChI is InChI=1S/2C16H12N2.2ClH/c2*1-18-15-9-5-2-6-11(15)10-14-16(18)12-7-3-4-8-13(12)17-14;;/h2*2-10H,1H3;2*1H. The second-order valence-corrected chi connectivity index (χ2v) is 9.49. The van der Waals surface area contributed by atoms with Gasteiger partial charge >= 0.3 is 0 Å². The second-order valence-electron chi connectivity index (χ2n) is 9.49. The Kier molecular flexibility index (Phi) is 6.91. The summed E-state index contributed by atoms with van der Waals surface area (Å²) in [6, 6.07) is 33.8. The van der Waals surface area contributed by atoms with Gasteiger partial charge in [0.05, 0.1) is 35.2 Å². The van der Waals surface area contributed by atoms with Crippen LogP contribution in [0.25, 0.3) is 23.5 Å². The van der Waals surface area contributed by atoms with Crippen molar-refractivity contribution in [3.63, 3.8) is 0 Å². The highest BCUT2D eigenvalue weighted by molar-refractivity contribution is 5.79. The Labute approximate surface area is 233 Å². The minimum absolute atomic E-state index is 0. The van der Waals surface area contributed by atoms with Gasteiger partial charge in [-0.25, -0.2) is 9.98 Å². The molecule has 4 aliphatic heterocycles. The van der Waals surface area contributed by atoms with Crippen LogP contribution in [-0.2, 0) is 0 Å². The number of rotatable bonds is 0. The number of hydrogen-bond donors (Lipinski definition) is 2. The molecule has 0 saturated carbocycles. The number of likely N-dealkylation sites (N-methyl/N-ethyl adjacent to an activating group) is 2. The molecule has 38 heavy (non-hydrogen) atoms. The fraction of sp³-hybridized carbons (Fsp3) is 0.0625. The zero-order chi connectivity index (χ0) is 24.2. The monoisotopic (exact) mass is 536 g/mol. The van der Waals surface area contributed by atoms with Crippen LogP contribution in [0.4, 0.5) is 11.4 Å². The Hall–Kier alpha value is -3.80. The summed E-state index contributed by atoms with van der Waals surface area (Å²) >= 11 is 0. The summed E-state index contributed by atoms with van der Waals surface area (Å²) in [6.45, 7) is 0.